The highest BCUT2D eigenvalue weighted by atomic mass is 16.5. The van der Waals surface area contributed by atoms with Crippen molar-refractivity contribution in [1.29, 1.82) is 5.26 Å². The summed E-state index contributed by atoms with van der Waals surface area (Å²) >= 11 is 0. The monoisotopic (exact) mass is 306 g/mol. The van der Waals surface area contributed by atoms with Gasteiger partial charge in [0.05, 0.1) is 17.7 Å². The number of ether oxygens (including phenoxy) is 1. The number of nitrogens with one attached hydrogen (secondary N) is 1. The largest absolute Gasteiger partial charge is 0.373 e. The molecule has 1 N–H and O–H groups in total. The molecule has 1 saturated heterocycles. The molecule has 0 saturated carbocycles. The van der Waals surface area contributed by atoms with Crippen LogP contribution in [0.3, 0.4) is 0 Å². The third-order valence-corrected chi connectivity index (χ3v) is 4.39. The fourth-order valence-corrected chi connectivity index (χ4v) is 3.16. The average Bonchev–Trinajstić information content (AvgIpc) is 2.63. The van der Waals surface area contributed by atoms with Gasteiger partial charge < -0.3 is 10.1 Å². The van der Waals surface area contributed by atoms with Crippen LogP contribution in [0, 0.1) is 17.2 Å². The van der Waals surface area contributed by atoms with E-state index in [9.17, 15) is 0 Å². The zero-order valence-corrected chi connectivity index (χ0v) is 13.2. The summed E-state index contributed by atoms with van der Waals surface area (Å²) in [7, 11) is 0. The lowest BCUT2D eigenvalue weighted by Crippen LogP contribution is -2.31. The van der Waals surface area contributed by atoms with Crippen molar-refractivity contribution in [2.45, 2.75) is 25.5 Å². The molecule has 2 atom stereocenters. The highest BCUT2D eigenvalue weighted by Gasteiger charge is 2.26. The lowest BCUT2D eigenvalue weighted by atomic mass is 9.89. The maximum atomic E-state index is 8.83. The molecule has 1 heterocycles. The summed E-state index contributed by atoms with van der Waals surface area (Å²) in [6.07, 6.45) is 2.52. The number of hydrogen-bond acceptors (Lipinski definition) is 3. The number of nitrogens with zero attached hydrogens (tertiary/aromatic N) is 1. The van der Waals surface area contributed by atoms with E-state index in [-0.39, 0.29) is 6.10 Å². The molecule has 23 heavy (non-hydrogen) atoms. The smallest absolute Gasteiger partial charge is 0.0991 e. The molecule has 0 unspecified atom stereocenters. The van der Waals surface area contributed by atoms with Gasteiger partial charge in [0.25, 0.3) is 0 Å². The molecule has 0 amide bonds. The molecule has 0 bridgehead atoms. The van der Waals surface area contributed by atoms with Crippen LogP contribution in [0.1, 0.15) is 35.6 Å². The van der Waals surface area contributed by atoms with E-state index in [0.29, 0.717) is 11.5 Å². The minimum absolute atomic E-state index is 0.193. The first kappa shape index (κ1) is 15.7. The van der Waals surface area contributed by atoms with Crippen molar-refractivity contribution < 1.29 is 4.74 Å². The number of rotatable bonds is 5. The second kappa shape index (κ2) is 7.92. The Morgan fingerprint density at radius 3 is 2.61 bits per heavy atom. The molecule has 0 aliphatic carbocycles. The van der Waals surface area contributed by atoms with Crippen LogP contribution in [-0.2, 0) is 11.3 Å². The molecule has 1 aliphatic heterocycles. The van der Waals surface area contributed by atoms with Gasteiger partial charge >= 0.3 is 0 Å². The SMILES string of the molecule is N#Cc1ccc(CNC[C@@H]2CCCO[C@H]2c2ccccc2)cc1. The second-order valence-electron chi connectivity index (χ2n) is 6.04. The van der Waals surface area contributed by atoms with Crippen molar-refractivity contribution >= 4 is 0 Å². The van der Waals surface area contributed by atoms with Crippen molar-refractivity contribution in [2.75, 3.05) is 13.2 Å². The first-order valence-electron chi connectivity index (χ1n) is 8.23. The number of nitriles is 1. The summed E-state index contributed by atoms with van der Waals surface area (Å²) in [4.78, 5) is 0. The summed E-state index contributed by atoms with van der Waals surface area (Å²) in [6, 6.07) is 20.4. The predicted octanol–water partition coefficient (Wildman–Crippen LogP) is 3.82. The van der Waals surface area contributed by atoms with Crippen LogP contribution in [0.15, 0.2) is 54.6 Å². The fraction of sp³-hybridized carbons (Fsp3) is 0.350. The van der Waals surface area contributed by atoms with Gasteiger partial charge in [-0.25, -0.2) is 0 Å². The van der Waals surface area contributed by atoms with Crippen molar-refractivity contribution in [1.82, 2.24) is 5.32 Å². The molecule has 0 radical (unpaired) electrons. The molecule has 0 spiro atoms. The van der Waals surface area contributed by atoms with Gasteiger partial charge in [0.2, 0.25) is 0 Å². The molecule has 2 aromatic carbocycles. The van der Waals surface area contributed by atoms with E-state index < -0.39 is 0 Å². The van der Waals surface area contributed by atoms with E-state index in [1.807, 2.05) is 30.3 Å². The minimum atomic E-state index is 0.193. The zero-order chi connectivity index (χ0) is 15.9. The Balaban J connectivity index is 1.56. The van der Waals surface area contributed by atoms with Crippen molar-refractivity contribution in [3.05, 3.63) is 71.3 Å². The Bertz CT molecular complexity index is 646. The minimum Gasteiger partial charge on any atom is -0.373 e. The van der Waals surface area contributed by atoms with Crippen LogP contribution in [0.5, 0.6) is 0 Å². The normalized spacial score (nSPS) is 20.8. The van der Waals surface area contributed by atoms with Crippen LogP contribution in [0.2, 0.25) is 0 Å². The van der Waals surface area contributed by atoms with Gasteiger partial charge in [0.15, 0.2) is 0 Å². The molecule has 3 rings (SSSR count). The van der Waals surface area contributed by atoms with E-state index >= 15 is 0 Å². The Morgan fingerprint density at radius 2 is 1.87 bits per heavy atom. The third kappa shape index (κ3) is 4.19. The number of hydrogen-bond donors (Lipinski definition) is 1. The summed E-state index contributed by atoms with van der Waals surface area (Å²) in [6.45, 7) is 2.62. The summed E-state index contributed by atoms with van der Waals surface area (Å²) < 4.78 is 6.03. The van der Waals surface area contributed by atoms with Gasteiger partial charge in [-0.1, -0.05) is 42.5 Å². The average molecular weight is 306 g/mol. The molecule has 0 aromatic heterocycles. The van der Waals surface area contributed by atoms with Crippen LogP contribution >= 0.6 is 0 Å². The maximum absolute atomic E-state index is 8.83. The van der Waals surface area contributed by atoms with Gasteiger partial charge in [0, 0.05) is 25.6 Å². The quantitative estimate of drug-likeness (QED) is 0.913. The summed E-state index contributed by atoms with van der Waals surface area (Å²) in [5.74, 6) is 0.504. The highest BCUT2D eigenvalue weighted by Crippen LogP contribution is 2.33. The molecular weight excluding hydrogens is 284 g/mol. The topological polar surface area (TPSA) is 45.0 Å². The molecule has 2 aromatic rings. The van der Waals surface area contributed by atoms with Crippen LogP contribution in [-0.4, -0.2) is 13.2 Å². The van der Waals surface area contributed by atoms with E-state index in [1.54, 1.807) is 0 Å². The van der Waals surface area contributed by atoms with Gasteiger partial charge in [0.1, 0.15) is 0 Å². The maximum Gasteiger partial charge on any atom is 0.0991 e. The van der Waals surface area contributed by atoms with Gasteiger partial charge in [-0.3, -0.25) is 0 Å². The van der Waals surface area contributed by atoms with E-state index in [0.717, 1.165) is 26.1 Å². The van der Waals surface area contributed by atoms with E-state index in [2.05, 4.69) is 35.7 Å². The van der Waals surface area contributed by atoms with Crippen LogP contribution in [0.25, 0.3) is 0 Å². The van der Waals surface area contributed by atoms with Crippen molar-refractivity contribution in [2.24, 2.45) is 5.92 Å². The molecule has 3 heteroatoms. The van der Waals surface area contributed by atoms with Crippen LogP contribution < -0.4 is 5.32 Å². The standard InChI is InChI=1S/C20H22N2O/c21-13-16-8-10-17(11-9-16)14-22-15-19-7-4-12-23-20(19)18-5-2-1-3-6-18/h1-3,5-6,8-11,19-20,22H,4,7,12,14-15H2/t19-,20-/m0/s1. The van der Waals surface area contributed by atoms with Gasteiger partial charge in [-0.05, 0) is 36.1 Å². The van der Waals surface area contributed by atoms with E-state index in [4.69, 9.17) is 10.00 Å². The molecule has 3 nitrogen and oxygen atoms in total. The Morgan fingerprint density at radius 1 is 1.09 bits per heavy atom. The lowest BCUT2D eigenvalue weighted by Gasteiger charge is -2.32. The van der Waals surface area contributed by atoms with Gasteiger partial charge in [-0.15, -0.1) is 0 Å². The Hall–Kier alpha value is -2.15. The fourth-order valence-electron chi connectivity index (χ4n) is 3.16. The third-order valence-electron chi connectivity index (χ3n) is 4.39. The van der Waals surface area contributed by atoms with Crippen molar-refractivity contribution in [3.8, 4) is 6.07 Å². The van der Waals surface area contributed by atoms with E-state index in [1.165, 1.54) is 17.5 Å². The lowest BCUT2D eigenvalue weighted by molar-refractivity contribution is -0.0278. The molecule has 118 valence electrons. The zero-order valence-electron chi connectivity index (χ0n) is 13.2. The molecule has 1 aliphatic rings. The first-order valence-corrected chi connectivity index (χ1v) is 8.23. The summed E-state index contributed by atoms with van der Waals surface area (Å²) in [5, 5.41) is 12.4. The number of benzene rings is 2. The molecular formula is C20H22N2O. The Kier molecular flexibility index (Phi) is 5.42. The highest BCUT2D eigenvalue weighted by molar-refractivity contribution is 5.31. The predicted molar refractivity (Wildman–Crippen MR) is 90.7 cm³/mol. The first-order chi connectivity index (χ1) is 11.4. The van der Waals surface area contributed by atoms with Crippen molar-refractivity contribution in [3.63, 3.8) is 0 Å². The molecule has 1 fully saturated rings. The Labute approximate surface area is 137 Å². The summed E-state index contributed by atoms with van der Waals surface area (Å²) in [5.41, 5.74) is 3.19. The van der Waals surface area contributed by atoms with Crippen LogP contribution in [0.4, 0.5) is 0 Å². The van der Waals surface area contributed by atoms with Gasteiger partial charge in [-0.2, -0.15) is 5.26 Å². The second-order valence-corrected chi connectivity index (χ2v) is 6.04.